The zero-order valence-electron chi connectivity index (χ0n) is 26.8. The Labute approximate surface area is 277 Å². The number of carbonyl (C=O) groups is 2. The van der Waals surface area contributed by atoms with Crippen LogP contribution in [0.15, 0.2) is 60.1 Å². The number of ether oxygens (including phenoxy) is 5. The van der Waals surface area contributed by atoms with Gasteiger partial charge in [-0.15, -0.1) is 6.58 Å². The van der Waals surface area contributed by atoms with Gasteiger partial charge in [-0.1, -0.05) is 18.6 Å². The van der Waals surface area contributed by atoms with Crippen molar-refractivity contribution in [2.24, 2.45) is 5.92 Å². The first-order valence-electron chi connectivity index (χ1n) is 15.9. The fourth-order valence-electron chi connectivity index (χ4n) is 6.23. The summed E-state index contributed by atoms with van der Waals surface area (Å²) in [5.74, 6) is -6.30. The van der Waals surface area contributed by atoms with Crippen LogP contribution in [0.1, 0.15) is 32.1 Å². The number of carboxylic acid groups (broad SMARTS) is 1. The van der Waals surface area contributed by atoms with Gasteiger partial charge in [0.15, 0.2) is 12.4 Å². The molecule has 16 heteroatoms. The third-order valence-electron chi connectivity index (χ3n) is 8.83. The molecule has 4 aliphatic rings. The quantitative estimate of drug-likeness (QED) is 0.0515. The molecule has 0 aromatic carbocycles. The summed E-state index contributed by atoms with van der Waals surface area (Å²) in [6, 6.07) is 0. The summed E-state index contributed by atoms with van der Waals surface area (Å²) in [4.78, 5) is 26.1. The molecule has 0 radical (unpaired) electrons. The van der Waals surface area contributed by atoms with E-state index in [-0.39, 0.29) is 43.7 Å². The first-order valence-corrected chi connectivity index (χ1v) is 15.9. The Hall–Kier alpha value is -3.00. The molecule has 0 aromatic rings. The summed E-state index contributed by atoms with van der Waals surface area (Å²) >= 11 is 0. The summed E-state index contributed by atoms with van der Waals surface area (Å²) in [5.41, 5.74) is -2.11. The molecule has 9 N–H and O–H groups in total. The molecule has 2 fully saturated rings. The maximum atomic E-state index is 13.6. The van der Waals surface area contributed by atoms with Gasteiger partial charge in [0, 0.05) is 5.57 Å². The van der Waals surface area contributed by atoms with Crippen LogP contribution in [0.2, 0.25) is 0 Å². The minimum absolute atomic E-state index is 0.0311. The lowest BCUT2D eigenvalue weighted by atomic mass is 9.78. The number of esters is 1. The fourth-order valence-corrected chi connectivity index (χ4v) is 6.23. The number of hydrogen-bond acceptors (Lipinski definition) is 14. The summed E-state index contributed by atoms with van der Waals surface area (Å²) in [6.07, 6.45) is 3.06. The van der Waals surface area contributed by atoms with E-state index in [1.165, 1.54) is 37.6 Å². The molecule has 1 saturated carbocycles. The second-order valence-electron chi connectivity index (χ2n) is 12.2. The van der Waals surface area contributed by atoms with Crippen LogP contribution in [-0.2, 0) is 33.3 Å². The van der Waals surface area contributed by atoms with Gasteiger partial charge in [0.05, 0.1) is 25.9 Å². The molecule has 16 nitrogen and oxygen atoms in total. The van der Waals surface area contributed by atoms with Crippen molar-refractivity contribution in [2.45, 2.75) is 80.5 Å². The van der Waals surface area contributed by atoms with Crippen LogP contribution in [0, 0.1) is 5.92 Å². The molecule has 1 aliphatic carbocycles. The predicted molar refractivity (Wildman–Crippen MR) is 164 cm³/mol. The Morgan fingerprint density at radius 2 is 1.90 bits per heavy atom. The molecule has 4 rings (SSSR count). The minimum Gasteiger partial charge on any atom is -0.477 e. The second kappa shape index (κ2) is 16.6. The third kappa shape index (κ3) is 8.40. The highest BCUT2D eigenvalue weighted by Crippen LogP contribution is 2.41. The van der Waals surface area contributed by atoms with E-state index in [2.05, 4.69) is 11.9 Å². The topological polar surface area (TPSA) is 238 Å². The molecule has 8 unspecified atom stereocenters. The number of quaternary nitrogens is 1. The van der Waals surface area contributed by atoms with Crippen LogP contribution in [0.3, 0.4) is 0 Å². The average molecular weight is 684 g/mol. The van der Waals surface area contributed by atoms with Gasteiger partial charge in [-0.05, 0) is 44.9 Å². The van der Waals surface area contributed by atoms with Gasteiger partial charge in [-0.25, -0.2) is 9.59 Å². The summed E-state index contributed by atoms with van der Waals surface area (Å²) in [7, 11) is 1.52. The molecule has 268 valence electrons. The smallest absolute Gasteiger partial charge is 0.341 e. The number of hydrogen-bond donors (Lipinski definition) is 9. The molecule has 3 aliphatic heterocycles. The van der Waals surface area contributed by atoms with Crippen molar-refractivity contribution < 1.29 is 73.9 Å². The standard InChI is InChI=1S/C32H46N2O14/c1-3-22-29(48-30-26(45-18-33-2)32(42,43)25(37)24(16-36)47-30)44-17-23(28(40)46-21-7-5-4-6-8-21)31(22,41)10-9-19-13-20(27(38)39)15-34(14-19)11-12-35/h3,9-10,13,15,17,21-22,24-26,29-30,33,35-37,41-43H,1,4-8,11-12,14,16,18H2,2H3,(H,38,39)/p+1. The van der Waals surface area contributed by atoms with Crippen molar-refractivity contribution >= 4 is 11.9 Å². The molecule has 3 heterocycles. The van der Waals surface area contributed by atoms with Crippen LogP contribution in [0.5, 0.6) is 0 Å². The first kappa shape index (κ1) is 37.8. The van der Waals surface area contributed by atoms with Crippen LogP contribution in [-0.4, -0.2) is 136 Å². The lowest BCUT2D eigenvalue weighted by molar-refractivity contribution is -0.842. The van der Waals surface area contributed by atoms with Crippen LogP contribution >= 0.6 is 0 Å². The molecule has 48 heavy (non-hydrogen) atoms. The van der Waals surface area contributed by atoms with E-state index in [1.54, 1.807) is 0 Å². The Kier molecular flexibility index (Phi) is 13.1. The molecule has 0 bridgehead atoms. The van der Waals surface area contributed by atoms with Gasteiger partial charge in [-0.3, -0.25) is 5.32 Å². The molecular weight excluding hydrogens is 636 g/mol. The Morgan fingerprint density at radius 1 is 1.17 bits per heavy atom. The average Bonchev–Trinajstić information content (AvgIpc) is 3.06. The van der Waals surface area contributed by atoms with Crippen molar-refractivity contribution in [1.82, 2.24) is 5.32 Å². The second-order valence-corrected chi connectivity index (χ2v) is 12.2. The van der Waals surface area contributed by atoms with E-state index in [0.717, 1.165) is 25.5 Å². The minimum atomic E-state index is -2.96. The van der Waals surface area contributed by atoms with Gasteiger partial charge in [0.2, 0.25) is 12.1 Å². The zero-order valence-corrected chi connectivity index (χ0v) is 26.8. The summed E-state index contributed by atoms with van der Waals surface area (Å²) < 4.78 is 28.7. The van der Waals surface area contributed by atoms with E-state index in [4.69, 9.17) is 23.7 Å². The lowest BCUT2D eigenvalue weighted by Crippen LogP contribution is -3.08. The normalized spacial score (nSPS) is 34.1. The molecule has 8 atom stereocenters. The van der Waals surface area contributed by atoms with Crippen LogP contribution in [0.4, 0.5) is 0 Å². The predicted octanol–water partition coefficient (Wildman–Crippen LogP) is -2.68. The zero-order chi connectivity index (χ0) is 35.1. The van der Waals surface area contributed by atoms with Gasteiger partial charge >= 0.3 is 11.9 Å². The summed E-state index contributed by atoms with van der Waals surface area (Å²) in [5, 5.41) is 75.9. The molecule has 1 saturated heterocycles. The lowest BCUT2D eigenvalue weighted by Gasteiger charge is -2.48. The largest absolute Gasteiger partial charge is 0.477 e. The van der Waals surface area contributed by atoms with Crippen molar-refractivity contribution in [3.05, 3.63) is 60.1 Å². The molecule has 0 aromatic heterocycles. The number of aliphatic hydroxyl groups is 6. The van der Waals surface area contributed by atoms with Gasteiger partial charge < -0.3 is 64.3 Å². The van der Waals surface area contributed by atoms with Crippen molar-refractivity contribution in [1.29, 1.82) is 0 Å². The number of carbonyl (C=O) groups excluding carboxylic acids is 1. The first-order chi connectivity index (χ1) is 22.9. The fraction of sp³-hybridized carbons (Fsp3) is 0.625. The van der Waals surface area contributed by atoms with E-state index in [9.17, 15) is 45.3 Å². The van der Waals surface area contributed by atoms with Crippen LogP contribution < -0.4 is 10.2 Å². The Bertz CT molecular complexity index is 1280. The van der Waals surface area contributed by atoms with E-state index < -0.39 is 66.7 Å². The third-order valence-corrected chi connectivity index (χ3v) is 8.83. The van der Waals surface area contributed by atoms with Crippen molar-refractivity contribution in [2.75, 3.05) is 40.1 Å². The highest BCUT2D eigenvalue weighted by Gasteiger charge is 2.58. The van der Waals surface area contributed by atoms with Gasteiger partial charge in [0.25, 0.3) is 0 Å². The maximum Gasteiger partial charge on any atom is 0.341 e. The van der Waals surface area contributed by atoms with E-state index >= 15 is 0 Å². The van der Waals surface area contributed by atoms with E-state index in [1.807, 2.05) is 0 Å². The molecule has 0 spiro atoms. The number of nitrogens with one attached hydrogen (secondary N) is 2. The highest BCUT2D eigenvalue weighted by atomic mass is 16.8. The van der Waals surface area contributed by atoms with Gasteiger partial charge in [-0.2, -0.15) is 0 Å². The van der Waals surface area contributed by atoms with Crippen LogP contribution in [0.25, 0.3) is 0 Å². The maximum absolute atomic E-state index is 13.6. The van der Waals surface area contributed by atoms with Gasteiger partial charge in [0.1, 0.15) is 60.6 Å². The Balaban J connectivity index is 1.70. The van der Waals surface area contributed by atoms with Crippen molar-refractivity contribution in [3.8, 4) is 0 Å². The number of rotatable bonds is 14. The van der Waals surface area contributed by atoms with E-state index in [0.29, 0.717) is 23.3 Å². The Morgan fingerprint density at radius 3 is 2.52 bits per heavy atom. The number of carboxylic acids is 1. The number of aliphatic carboxylic acids is 1. The van der Waals surface area contributed by atoms with Crippen molar-refractivity contribution in [3.63, 3.8) is 0 Å². The molecule has 0 amide bonds. The SMILES string of the molecule is C=CC1C(OC2OC(CO)C(O)C(O)(O)C2OCNC)OC=C(C(=O)OC2CCCCC2)C1(O)C=CC1=CC(C(=O)O)=C[NH+](CCO)C1. The summed E-state index contributed by atoms with van der Waals surface area (Å²) in [6.45, 7) is 3.04. The molecular formula is C32H47N2O14+. The number of aliphatic hydroxyl groups excluding tert-OH is 3. The highest BCUT2D eigenvalue weighted by molar-refractivity contribution is 5.92. The monoisotopic (exact) mass is 683 g/mol.